The van der Waals surface area contributed by atoms with Crippen molar-refractivity contribution in [3.05, 3.63) is 69.5 Å². The van der Waals surface area contributed by atoms with Crippen LogP contribution in [0.3, 0.4) is 0 Å². The first-order valence-corrected chi connectivity index (χ1v) is 6.29. The van der Waals surface area contributed by atoms with Crippen LogP contribution in [0.15, 0.2) is 30.3 Å². The van der Waals surface area contributed by atoms with E-state index >= 15 is 0 Å². The summed E-state index contributed by atoms with van der Waals surface area (Å²) in [5.74, 6) is -0.336. The van der Waals surface area contributed by atoms with E-state index in [-0.39, 0.29) is 11.6 Å². The molecule has 0 atom stereocenters. The van der Waals surface area contributed by atoms with Crippen molar-refractivity contribution < 1.29 is 9.18 Å². The molecule has 0 unspecified atom stereocenters. The Kier molecular flexibility index (Phi) is 3.52. The molecular weight excluding hydrogens is 239 g/mol. The molecule has 0 fully saturated rings. The number of hydrogen-bond donors (Lipinski definition) is 0. The van der Waals surface area contributed by atoms with Crippen molar-refractivity contribution in [3.63, 3.8) is 0 Å². The van der Waals surface area contributed by atoms with Crippen LogP contribution in [-0.2, 0) is 0 Å². The van der Waals surface area contributed by atoms with Gasteiger partial charge in [-0.05, 0) is 74.2 Å². The quantitative estimate of drug-likeness (QED) is 0.732. The minimum absolute atomic E-state index is 0.0521. The molecule has 1 nitrogen and oxygen atoms in total. The molecule has 0 radical (unpaired) electrons. The lowest BCUT2D eigenvalue weighted by molar-refractivity contribution is 0.103. The molecular formula is C17H17FO. The van der Waals surface area contributed by atoms with E-state index in [2.05, 4.69) is 0 Å². The molecule has 2 aromatic carbocycles. The Morgan fingerprint density at radius 3 is 2.11 bits per heavy atom. The van der Waals surface area contributed by atoms with E-state index in [1.54, 1.807) is 19.1 Å². The molecule has 0 amide bonds. The first-order chi connectivity index (χ1) is 8.90. The van der Waals surface area contributed by atoms with Gasteiger partial charge in [-0.1, -0.05) is 6.07 Å². The van der Waals surface area contributed by atoms with Gasteiger partial charge in [0.15, 0.2) is 5.78 Å². The van der Waals surface area contributed by atoms with Gasteiger partial charge in [0.25, 0.3) is 0 Å². The molecule has 0 heterocycles. The zero-order valence-electron chi connectivity index (χ0n) is 11.7. The van der Waals surface area contributed by atoms with Crippen LogP contribution in [0, 0.1) is 33.5 Å². The van der Waals surface area contributed by atoms with Gasteiger partial charge in [0, 0.05) is 11.1 Å². The third-order valence-electron chi connectivity index (χ3n) is 3.51. The third-order valence-corrected chi connectivity index (χ3v) is 3.51. The summed E-state index contributed by atoms with van der Waals surface area (Å²) in [7, 11) is 0. The zero-order valence-corrected chi connectivity index (χ0v) is 11.7. The second-order valence-corrected chi connectivity index (χ2v) is 5.04. The van der Waals surface area contributed by atoms with E-state index in [4.69, 9.17) is 0 Å². The molecule has 2 heteroatoms. The fourth-order valence-electron chi connectivity index (χ4n) is 2.15. The van der Waals surface area contributed by atoms with Crippen LogP contribution in [0.5, 0.6) is 0 Å². The molecule has 2 aromatic rings. The average molecular weight is 256 g/mol. The highest BCUT2D eigenvalue weighted by Gasteiger charge is 2.14. The predicted molar refractivity (Wildman–Crippen MR) is 75.2 cm³/mol. The van der Waals surface area contributed by atoms with E-state index in [9.17, 15) is 9.18 Å². The van der Waals surface area contributed by atoms with Gasteiger partial charge in [0.05, 0.1) is 0 Å². The van der Waals surface area contributed by atoms with Gasteiger partial charge in [-0.15, -0.1) is 0 Å². The highest BCUT2D eigenvalue weighted by atomic mass is 19.1. The van der Waals surface area contributed by atoms with Crippen molar-refractivity contribution >= 4 is 5.78 Å². The number of ketones is 1. The fraction of sp³-hybridized carbons (Fsp3) is 0.235. The van der Waals surface area contributed by atoms with Gasteiger partial charge in [0.1, 0.15) is 5.82 Å². The number of aryl methyl sites for hydroxylation is 4. The number of carbonyl (C=O) groups is 1. The normalized spacial score (nSPS) is 10.6. The van der Waals surface area contributed by atoms with Gasteiger partial charge in [-0.3, -0.25) is 4.79 Å². The minimum Gasteiger partial charge on any atom is -0.289 e. The molecule has 98 valence electrons. The Hall–Kier alpha value is -1.96. The number of hydrogen-bond acceptors (Lipinski definition) is 1. The lowest BCUT2D eigenvalue weighted by atomic mass is 9.94. The van der Waals surface area contributed by atoms with E-state index in [1.165, 1.54) is 11.6 Å². The van der Waals surface area contributed by atoms with Gasteiger partial charge < -0.3 is 0 Å². The molecule has 0 aliphatic rings. The number of rotatable bonds is 2. The monoisotopic (exact) mass is 256 g/mol. The van der Waals surface area contributed by atoms with Crippen molar-refractivity contribution in [3.8, 4) is 0 Å². The number of benzene rings is 2. The summed E-state index contributed by atoms with van der Waals surface area (Å²) in [6, 6.07) is 8.41. The second kappa shape index (κ2) is 4.96. The lowest BCUT2D eigenvalue weighted by Crippen LogP contribution is -2.05. The third kappa shape index (κ3) is 2.58. The summed E-state index contributed by atoms with van der Waals surface area (Å²) in [6.45, 7) is 7.61. The Balaban J connectivity index is 2.49. The zero-order chi connectivity index (χ0) is 14.2. The molecule has 0 aliphatic carbocycles. The van der Waals surface area contributed by atoms with Crippen molar-refractivity contribution in [2.24, 2.45) is 0 Å². The van der Waals surface area contributed by atoms with Crippen LogP contribution >= 0.6 is 0 Å². The highest BCUT2D eigenvalue weighted by molar-refractivity contribution is 6.10. The highest BCUT2D eigenvalue weighted by Crippen LogP contribution is 2.20. The molecule has 0 saturated carbocycles. The predicted octanol–water partition coefficient (Wildman–Crippen LogP) is 4.29. The van der Waals surface area contributed by atoms with Crippen molar-refractivity contribution in [2.45, 2.75) is 27.7 Å². The second-order valence-electron chi connectivity index (χ2n) is 5.04. The van der Waals surface area contributed by atoms with Gasteiger partial charge in [0.2, 0.25) is 0 Å². The molecule has 2 rings (SSSR count). The smallest absolute Gasteiger partial charge is 0.193 e. The number of carbonyl (C=O) groups excluding carboxylic acids is 1. The van der Waals surface area contributed by atoms with Crippen LogP contribution in [0.2, 0.25) is 0 Å². The molecule has 0 N–H and O–H groups in total. The molecule has 19 heavy (non-hydrogen) atoms. The molecule has 0 saturated heterocycles. The summed E-state index contributed by atoms with van der Waals surface area (Å²) >= 11 is 0. The first-order valence-electron chi connectivity index (χ1n) is 6.29. The van der Waals surface area contributed by atoms with Crippen LogP contribution in [0.1, 0.15) is 38.2 Å². The van der Waals surface area contributed by atoms with E-state index in [1.807, 2.05) is 32.9 Å². The van der Waals surface area contributed by atoms with Gasteiger partial charge in [-0.25, -0.2) is 4.39 Å². The Morgan fingerprint density at radius 1 is 0.842 bits per heavy atom. The van der Waals surface area contributed by atoms with Crippen molar-refractivity contribution in [2.75, 3.05) is 0 Å². The maximum absolute atomic E-state index is 13.2. The summed E-state index contributed by atoms with van der Waals surface area (Å²) in [5, 5.41) is 0. The minimum atomic E-state index is -0.284. The molecule has 0 spiro atoms. The average Bonchev–Trinajstić information content (AvgIpc) is 2.36. The SMILES string of the molecule is Cc1cc(C)c(C(=O)c2ccc(F)c(C)c2)cc1C. The Labute approximate surface area is 113 Å². The lowest BCUT2D eigenvalue weighted by Gasteiger charge is -2.09. The summed E-state index contributed by atoms with van der Waals surface area (Å²) in [4.78, 5) is 12.5. The van der Waals surface area contributed by atoms with E-state index < -0.39 is 0 Å². The standard InChI is InChI=1S/C17H17FO/c1-10-7-12(3)15(9-11(10)2)17(19)14-5-6-16(18)13(4)8-14/h5-9H,1-4H3. The van der Waals surface area contributed by atoms with Crippen LogP contribution in [0.4, 0.5) is 4.39 Å². The Morgan fingerprint density at radius 2 is 1.47 bits per heavy atom. The first kappa shape index (κ1) is 13.5. The van der Waals surface area contributed by atoms with Crippen LogP contribution < -0.4 is 0 Å². The molecule has 0 aromatic heterocycles. The van der Waals surface area contributed by atoms with Crippen molar-refractivity contribution in [1.82, 2.24) is 0 Å². The largest absolute Gasteiger partial charge is 0.289 e. The maximum Gasteiger partial charge on any atom is 0.193 e. The fourth-order valence-corrected chi connectivity index (χ4v) is 2.15. The van der Waals surface area contributed by atoms with Crippen LogP contribution in [-0.4, -0.2) is 5.78 Å². The van der Waals surface area contributed by atoms with Gasteiger partial charge in [-0.2, -0.15) is 0 Å². The summed E-state index contributed by atoms with van der Waals surface area (Å²) in [5.41, 5.74) is 4.93. The van der Waals surface area contributed by atoms with E-state index in [0.717, 1.165) is 11.1 Å². The molecule has 0 bridgehead atoms. The molecule has 0 aliphatic heterocycles. The topological polar surface area (TPSA) is 17.1 Å². The van der Waals surface area contributed by atoms with Gasteiger partial charge >= 0.3 is 0 Å². The van der Waals surface area contributed by atoms with Crippen LogP contribution in [0.25, 0.3) is 0 Å². The Bertz CT molecular complexity index is 657. The number of halogens is 1. The summed E-state index contributed by atoms with van der Waals surface area (Å²) < 4.78 is 13.2. The van der Waals surface area contributed by atoms with E-state index in [0.29, 0.717) is 16.7 Å². The maximum atomic E-state index is 13.2. The van der Waals surface area contributed by atoms with Crippen molar-refractivity contribution in [1.29, 1.82) is 0 Å². The summed E-state index contributed by atoms with van der Waals surface area (Å²) in [6.07, 6.45) is 0.